The van der Waals surface area contributed by atoms with E-state index in [0.717, 1.165) is 6.42 Å². The van der Waals surface area contributed by atoms with Gasteiger partial charge in [0.1, 0.15) is 0 Å². The van der Waals surface area contributed by atoms with Crippen molar-refractivity contribution < 1.29 is 19.2 Å². The van der Waals surface area contributed by atoms with Crippen LogP contribution in [0.2, 0.25) is 0 Å². The number of nitrogens with zero attached hydrogens (tertiary/aromatic N) is 2. The predicted octanol–water partition coefficient (Wildman–Crippen LogP) is 2.61. The van der Waals surface area contributed by atoms with Gasteiger partial charge in [-0.3, -0.25) is 4.79 Å². The molecule has 2 rings (SSSR count). The highest BCUT2D eigenvalue weighted by Crippen LogP contribution is 2.34. The number of carbonyl (C=O) groups excluding carboxylic acids is 1. The Hall–Kier alpha value is -2.37. The lowest BCUT2D eigenvalue weighted by Crippen LogP contribution is -1.99. The molecule has 1 aromatic carbocycles. The molecule has 0 fully saturated rings. The molecule has 1 heterocycles. The summed E-state index contributed by atoms with van der Waals surface area (Å²) in [7, 11) is 1.44. The van der Waals surface area contributed by atoms with Gasteiger partial charge >= 0.3 is 0 Å². The summed E-state index contributed by atoms with van der Waals surface area (Å²) in [5.74, 6) is 0.798. The summed E-state index contributed by atoms with van der Waals surface area (Å²) in [6.07, 6.45) is 1.57. The minimum absolute atomic E-state index is 0.0984. The lowest BCUT2D eigenvalue weighted by Gasteiger charge is -2.08. The first-order valence-electron chi connectivity index (χ1n) is 6.31. The van der Waals surface area contributed by atoms with Crippen LogP contribution >= 0.6 is 0 Å². The standard InChI is InChI=1S/C14H16N2O4/c1-4-5-13-15-14(16-20-13)10-7-12(19-3)11(18)6-9(10)8(2)17/h6-7,18H,4-5H2,1-3H3. The molecule has 0 saturated carbocycles. The van der Waals surface area contributed by atoms with Gasteiger partial charge in [0.2, 0.25) is 11.7 Å². The van der Waals surface area contributed by atoms with Gasteiger partial charge in [0, 0.05) is 17.5 Å². The highest BCUT2D eigenvalue weighted by molar-refractivity contribution is 6.01. The van der Waals surface area contributed by atoms with Crippen molar-refractivity contribution >= 4 is 5.78 Å². The summed E-state index contributed by atoms with van der Waals surface area (Å²) in [6, 6.07) is 2.89. The summed E-state index contributed by atoms with van der Waals surface area (Å²) in [5.41, 5.74) is 0.811. The van der Waals surface area contributed by atoms with Crippen LogP contribution in [0.3, 0.4) is 0 Å². The zero-order valence-electron chi connectivity index (χ0n) is 11.6. The van der Waals surface area contributed by atoms with E-state index in [-0.39, 0.29) is 17.3 Å². The molecule has 0 aliphatic carbocycles. The van der Waals surface area contributed by atoms with E-state index in [1.54, 1.807) is 0 Å². The third-order valence-corrected chi connectivity index (χ3v) is 2.87. The minimum atomic E-state index is -0.195. The number of hydrogen-bond acceptors (Lipinski definition) is 6. The molecule has 0 aliphatic heterocycles. The number of aryl methyl sites for hydroxylation is 1. The predicted molar refractivity (Wildman–Crippen MR) is 72.0 cm³/mol. The summed E-state index contributed by atoms with van der Waals surface area (Å²) in [5, 5.41) is 13.6. The van der Waals surface area contributed by atoms with Crippen molar-refractivity contribution in [2.24, 2.45) is 0 Å². The van der Waals surface area contributed by atoms with Crippen LogP contribution in [0.25, 0.3) is 11.4 Å². The number of aromatic nitrogens is 2. The van der Waals surface area contributed by atoms with Crippen LogP contribution in [-0.2, 0) is 6.42 Å². The van der Waals surface area contributed by atoms with E-state index in [2.05, 4.69) is 10.1 Å². The zero-order chi connectivity index (χ0) is 14.7. The highest BCUT2D eigenvalue weighted by Gasteiger charge is 2.18. The third kappa shape index (κ3) is 2.64. The molecular weight excluding hydrogens is 260 g/mol. The molecule has 6 heteroatoms. The number of benzene rings is 1. The average molecular weight is 276 g/mol. The van der Waals surface area contributed by atoms with Crippen molar-refractivity contribution in [3.8, 4) is 22.9 Å². The van der Waals surface area contributed by atoms with Crippen LogP contribution in [0.4, 0.5) is 0 Å². The molecule has 6 nitrogen and oxygen atoms in total. The van der Waals surface area contributed by atoms with Crippen molar-refractivity contribution in [2.45, 2.75) is 26.7 Å². The summed E-state index contributed by atoms with van der Waals surface area (Å²) < 4.78 is 10.2. The topological polar surface area (TPSA) is 85.5 Å². The van der Waals surface area contributed by atoms with E-state index in [1.165, 1.54) is 26.2 Å². The Bertz CT molecular complexity index is 634. The number of phenolic OH excluding ortho intramolecular Hbond substituents is 1. The van der Waals surface area contributed by atoms with E-state index in [9.17, 15) is 9.90 Å². The number of Topliss-reactive ketones (excluding diaryl/α,β-unsaturated/α-hetero) is 1. The number of phenols is 1. The van der Waals surface area contributed by atoms with Crippen molar-refractivity contribution in [1.82, 2.24) is 10.1 Å². The Balaban J connectivity index is 2.54. The van der Waals surface area contributed by atoms with Gasteiger partial charge < -0.3 is 14.4 Å². The molecule has 20 heavy (non-hydrogen) atoms. The van der Waals surface area contributed by atoms with Crippen LogP contribution in [0.5, 0.6) is 11.5 Å². The maximum atomic E-state index is 11.7. The molecule has 0 spiro atoms. The Morgan fingerprint density at radius 3 is 2.80 bits per heavy atom. The second kappa shape index (κ2) is 5.73. The monoisotopic (exact) mass is 276 g/mol. The van der Waals surface area contributed by atoms with Gasteiger partial charge in [0.05, 0.1) is 7.11 Å². The summed E-state index contributed by atoms with van der Waals surface area (Å²) in [4.78, 5) is 15.9. The molecule has 0 amide bonds. The van der Waals surface area contributed by atoms with Gasteiger partial charge in [-0.15, -0.1) is 0 Å². The SMILES string of the molecule is CCCc1nc(-c2cc(OC)c(O)cc2C(C)=O)no1. The van der Waals surface area contributed by atoms with E-state index in [0.29, 0.717) is 29.3 Å². The molecule has 0 saturated heterocycles. The number of carbonyl (C=O) groups is 1. The number of ketones is 1. The van der Waals surface area contributed by atoms with E-state index >= 15 is 0 Å². The van der Waals surface area contributed by atoms with Gasteiger partial charge in [0.25, 0.3) is 0 Å². The van der Waals surface area contributed by atoms with Crippen molar-refractivity contribution in [2.75, 3.05) is 7.11 Å². The second-order valence-corrected chi connectivity index (χ2v) is 4.39. The van der Waals surface area contributed by atoms with Crippen molar-refractivity contribution in [3.63, 3.8) is 0 Å². The molecule has 1 N–H and O–H groups in total. The fourth-order valence-electron chi connectivity index (χ4n) is 1.89. The van der Waals surface area contributed by atoms with Gasteiger partial charge in [-0.2, -0.15) is 4.98 Å². The highest BCUT2D eigenvalue weighted by atomic mass is 16.5. The fourth-order valence-corrected chi connectivity index (χ4v) is 1.89. The molecule has 0 aliphatic rings. The first-order chi connectivity index (χ1) is 9.56. The smallest absolute Gasteiger partial charge is 0.226 e. The fraction of sp³-hybridized carbons (Fsp3) is 0.357. The first-order valence-corrected chi connectivity index (χ1v) is 6.31. The van der Waals surface area contributed by atoms with E-state index in [4.69, 9.17) is 9.26 Å². The van der Waals surface area contributed by atoms with Crippen LogP contribution in [0.15, 0.2) is 16.7 Å². The first kappa shape index (κ1) is 14.0. The average Bonchev–Trinajstić information content (AvgIpc) is 2.87. The van der Waals surface area contributed by atoms with Gasteiger partial charge in [-0.1, -0.05) is 12.1 Å². The third-order valence-electron chi connectivity index (χ3n) is 2.87. The largest absolute Gasteiger partial charge is 0.504 e. The Kier molecular flexibility index (Phi) is 4.02. The molecule has 0 bridgehead atoms. The molecule has 0 atom stereocenters. The molecule has 2 aromatic rings. The summed E-state index contributed by atoms with van der Waals surface area (Å²) >= 11 is 0. The number of aromatic hydroxyl groups is 1. The van der Waals surface area contributed by atoms with Crippen LogP contribution in [0.1, 0.15) is 36.5 Å². The molecule has 1 aromatic heterocycles. The number of methoxy groups -OCH3 is 1. The van der Waals surface area contributed by atoms with E-state index in [1.807, 2.05) is 6.92 Å². The quantitative estimate of drug-likeness (QED) is 0.845. The van der Waals surface area contributed by atoms with Crippen LogP contribution in [0, 0.1) is 0 Å². The minimum Gasteiger partial charge on any atom is -0.504 e. The van der Waals surface area contributed by atoms with Crippen LogP contribution in [-0.4, -0.2) is 28.1 Å². The zero-order valence-corrected chi connectivity index (χ0v) is 11.6. The van der Waals surface area contributed by atoms with E-state index < -0.39 is 0 Å². The van der Waals surface area contributed by atoms with Crippen molar-refractivity contribution in [1.29, 1.82) is 0 Å². The number of hydrogen-bond donors (Lipinski definition) is 1. The second-order valence-electron chi connectivity index (χ2n) is 4.39. The lowest BCUT2D eigenvalue weighted by atomic mass is 10.0. The Labute approximate surface area is 116 Å². The summed E-state index contributed by atoms with van der Waals surface area (Å²) in [6.45, 7) is 3.42. The normalized spacial score (nSPS) is 10.6. The van der Waals surface area contributed by atoms with Gasteiger partial charge in [-0.05, 0) is 25.5 Å². The molecule has 106 valence electrons. The maximum absolute atomic E-state index is 11.7. The molecule has 0 unspecified atom stereocenters. The van der Waals surface area contributed by atoms with Crippen molar-refractivity contribution in [3.05, 3.63) is 23.6 Å². The maximum Gasteiger partial charge on any atom is 0.226 e. The van der Waals surface area contributed by atoms with Gasteiger partial charge in [-0.25, -0.2) is 0 Å². The number of ether oxygens (including phenoxy) is 1. The molecular formula is C14H16N2O4. The molecule has 0 radical (unpaired) electrons. The number of rotatable bonds is 5. The van der Waals surface area contributed by atoms with Gasteiger partial charge in [0.15, 0.2) is 17.3 Å². The Morgan fingerprint density at radius 1 is 1.45 bits per heavy atom. The lowest BCUT2D eigenvalue weighted by molar-refractivity contribution is 0.101. The Morgan fingerprint density at radius 2 is 2.20 bits per heavy atom. The van der Waals surface area contributed by atoms with Crippen LogP contribution < -0.4 is 4.74 Å².